The van der Waals surface area contributed by atoms with Gasteiger partial charge in [-0.1, -0.05) is 6.07 Å². The van der Waals surface area contributed by atoms with Crippen LogP contribution in [0.2, 0.25) is 0 Å². The summed E-state index contributed by atoms with van der Waals surface area (Å²) in [6.07, 6.45) is 3.99. The first-order valence-electron chi connectivity index (χ1n) is 9.24. The molecule has 2 aromatic heterocycles. The average molecular weight is 372 g/mol. The van der Waals surface area contributed by atoms with Crippen LogP contribution in [-0.4, -0.2) is 53.6 Å². The van der Waals surface area contributed by atoms with Crippen LogP contribution in [-0.2, 0) is 9.53 Å². The molecule has 0 saturated carbocycles. The molecule has 1 amide bonds. The Morgan fingerprint density at radius 1 is 1.31 bits per heavy atom. The van der Waals surface area contributed by atoms with Gasteiger partial charge in [0.15, 0.2) is 0 Å². The van der Waals surface area contributed by atoms with Gasteiger partial charge in [0.2, 0.25) is 11.9 Å². The topological polar surface area (TPSA) is 58.6 Å². The molecule has 0 unspecified atom stereocenters. The summed E-state index contributed by atoms with van der Waals surface area (Å²) < 4.78 is 5.93. The molecule has 0 spiro atoms. The number of amides is 1. The van der Waals surface area contributed by atoms with Gasteiger partial charge in [0.05, 0.1) is 24.8 Å². The molecule has 4 heterocycles. The van der Waals surface area contributed by atoms with Crippen molar-refractivity contribution in [3.8, 4) is 0 Å². The quantitative estimate of drug-likeness (QED) is 0.826. The zero-order valence-electron chi connectivity index (χ0n) is 15.0. The Balaban J connectivity index is 1.46. The second-order valence-corrected chi connectivity index (χ2v) is 7.84. The lowest BCUT2D eigenvalue weighted by atomic mass is 10.1. The molecule has 6 nitrogen and oxygen atoms in total. The number of aromatic nitrogens is 2. The van der Waals surface area contributed by atoms with Crippen LogP contribution >= 0.6 is 11.3 Å². The SMILES string of the molecule is C[C@@H](C(=O)N1CCO[C@H](c2ccnc(N3CCCC3)n2)C1)c1cccs1. The highest BCUT2D eigenvalue weighted by Crippen LogP contribution is 2.27. The zero-order valence-corrected chi connectivity index (χ0v) is 15.8. The molecule has 4 rings (SSSR count). The summed E-state index contributed by atoms with van der Waals surface area (Å²) in [6.45, 7) is 5.72. The average Bonchev–Trinajstić information content (AvgIpc) is 3.41. The standard InChI is InChI=1S/C19H24N4O2S/c1-14(17-5-4-12-26-17)18(24)23-10-11-25-16(13-23)15-6-7-20-19(21-15)22-8-2-3-9-22/h4-7,12,14,16H,2-3,8-11,13H2,1H3/t14-,16+/m1/s1. The van der Waals surface area contributed by atoms with Crippen molar-refractivity contribution in [2.45, 2.75) is 31.8 Å². The van der Waals surface area contributed by atoms with Gasteiger partial charge in [0.1, 0.15) is 6.10 Å². The maximum atomic E-state index is 12.9. The van der Waals surface area contributed by atoms with Gasteiger partial charge in [-0.2, -0.15) is 0 Å². The first-order valence-corrected chi connectivity index (χ1v) is 10.1. The molecule has 26 heavy (non-hydrogen) atoms. The van der Waals surface area contributed by atoms with Gasteiger partial charge in [-0.15, -0.1) is 11.3 Å². The minimum atomic E-state index is -0.187. The second-order valence-electron chi connectivity index (χ2n) is 6.86. The summed E-state index contributed by atoms with van der Waals surface area (Å²) in [6, 6.07) is 5.92. The minimum absolute atomic E-state index is 0.112. The molecule has 0 N–H and O–H groups in total. The normalized spacial score (nSPS) is 21.8. The highest BCUT2D eigenvalue weighted by atomic mass is 32.1. The highest BCUT2D eigenvalue weighted by molar-refractivity contribution is 7.10. The van der Waals surface area contributed by atoms with Gasteiger partial charge < -0.3 is 14.5 Å². The third-order valence-corrected chi connectivity index (χ3v) is 6.16. The van der Waals surface area contributed by atoms with Crippen molar-refractivity contribution >= 4 is 23.2 Å². The number of carbonyl (C=O) groups is 1. The Hall–Kier alpha value is -1.99. The van der Waals surface area contributed by atoms with Crippen molar-refractivity contribution in [3.63, 3.8) is 0 Å². The lowest BCUT2D eigenvalue weighted by Crippen LogP contribution is -2.44. The molecule has 7 heteroatoms. The summed E-state index contributed by atoms with van der Waals surface area (Å²) in [5.74, 6) is 0.827. The third kappa shape index (κ3) is 3.59. The molecule has 0 aliphatic carbocycles. The molecule has 2 aromatic rings. The fraction of sp³-hybridized carbons (Fsp3) is 0.526. The molecule has 2 fully saturated rings. The maximum absolute atomic E-state index is 12.9. The molecule has 2 atom stereocenters. The van der Waals surface area contributed by atoms with E-state index in [2.05, 4.69) is 9.88 Å². The summed E-state index contributed by atoms with van der Waals surface area (Å²) in [4.78, 5) is 27.3. The van der Waals surface area contributed by atoms with Gasteiger partial charge >= 0.3 is 0 Å². The fourth-order valence-electron chi connectivity index (χ4n) is 3.57. The van der Waals surface area contributed by atoms with Crippen molar-refractivity contribution < 1.29 is 9.53 Å². The molecular weight excluding hydrogens is 348 g/mol. The van der Waals surface area contributed by atoms with E-state index >= 15 is 0 Å². The number of morpholine rings is 1. The van der Waals surface area contributed by atoms with E-state index in [1.807, 2.05) is 35.4 Å². The van der Waals surface area contributed by atoms with Crippen molar-refractivity contribution in [3.05, 3.63) is 40.3 Å². The number of rotatable bonds is 4. The van der Waals surface area contributed by atoms with E-state index in [-0.39, 0.29) is 17.9 Å². The molecule has 2 aliphatic rings. The fourth-order valence-corrected chi connectivity index (χ4v) is 4.35. The number of ether oxygens (including phenoxy) is 1. The van der Waals surface area contributed by atoms with Gasteiger partial charge in [-0.25, -0.2) is 9.97 Å². The van der Waals surface area contributed by atoms with E-state index in [0.717, 1.165) is 29.6 Å². The van der Waals surface area contributed by atoms with Crippen LogP contribution in [0.25, 0.3) is 0 Å². The lowest BCUT2D eigenvalue weighted by Gasteiger charge is -2.34. The number of thiophene rings is 1. The van der Waals surface area contributed by atoms with Crippen molar-refractivity contribution in [2.24, 2.45) is 0 Å². The van der Waals surface area contributed by atoms with Crippen LogP contribution < -0.4 is 4.90 Å². The molecule has 0 bridgehead atoms. The van der Waals surface area contributed by atoms with E-state index in [9.17, 15) is 4.79 Å². The summed E-state index contributed by atoms with van der Waals surface area (Å²) in [5.41, 5.74) is 0.864. The first kappa shape index (κ1) is 17.4. The Kier molecular flexibility index (Phi) is 5.17. The van der Waals surface area contributed by atoms with Crippen LogP contribution in [0, 0.1) is 0 Å². The lowest BCUT2D eigenvalue weighted by molar-refractivity contribution is -0.140. The predicted molar refractivity (Wildman–Crippen MR) is 101 cm³/mol. The van der Waals surface area contributed by atoms with Gasteiger partial charge in [-0.3, -0.25) is 4.79 Å². The molecule has 2 aliphatic heterocycles. The van der Waals surface area contributed by atoms with Crippen LogP contribution in [0.4, 0.5) is 5.95 Å². The van der Waals surface area contributed by atoms with E-state index in [0.29, 0.717) is 19.7 Å². The molecule has 0 aromatic carbocycles. The zero-order chi connectivity index (χ0) is 17.9. The summed E-state index contributed by atoms with van der Waals surface area (Å²) in [7, 11) is 0. The highest BCUT2D eigenvalue weighted by Gasteiger charge is 2.30. The Labute approximate surface area is 157 Å². The van der Waals surface area contributed by atoms with Gasteiger partial charge in [0, 0.05) is 30.7 Å². The molecular formula is C19H24N4O2S. The number of anilines is 1. The monoisotopic (exact) mass is 372 g/mol. The van der Waals surface area contributed by atoms with Gasteiger partial charge in [-0.05, 0) is 37.3 Å². The summed E-state index contributed by atoms with van der Waals surface area (Å²) in [5, 5.41) is 2.02. The molecule has 138 valence electrons. The van der Waals surface area contributed by atoms with Gasteiger partial charge in [0.25, 0.3) is 0 Å². The van der Waals surface area contributed by atoms with Crippen LogP contribution in [0.15, 0.2) is 29.8 Å². The smallest absolute Gasteiger partial charge is 0.230 e. The third-order valence-electron chi connectivity index (χ3n) is 5.10. The Morgan fingerprint density at radius 2 is 2.15 bits per heavy atom. The van der Waals surface area contributed by atoms with Crippen LogP contribution in [0.3, 0.4) is 0 Å². The largest absolute Gasteiger partial charge is 0.368 e. The predicted octanol–water partition coefficient (Wildman–Crippen LogP) is 2.84. The van der Waals surface area contributed by atoms with Crippen molar-refractivity contribution in [2.75, 3.05) is 37.7 Å². The second kappa shape index (κ2) is 7.72. The first-order chi connectivity index (χ1) is 12.7. The molecule has 0 radical (unpaired) electrons. The van der Waals surface area contributed by atoms with Crippen LogP contribution in [0.1, 0.15) is 42.4 Å². The maximum Gasteiger partial charge on any atom is 0.230 e. The van der Waals surface area contributed by atoms with E-state index in [4.69, 9.17) is 9.72 Å². The van der Waals surface area contributed by atoms with Crippen molar-refractivity contribution in [1.29, 1.82) is 0 Å². The number of carbonyl (C=O) groups excluding carboxylic acids is 1. The summed E-state index contributed by atoms with van der Waals surface area (Å²) >= 11 is 1.63. The number of hydrogen-bond acceptors (Lipinski definition) is 6. The van der Waals surface area contributed by atoms with E-state index in [1.54, 1.807) is 17.5 Å². The number of hydrogen-bond donors (Lipinski definition) is 0. The van der Waals surface area contributed by atoms with Crippen molar-refractivity contribution in [1.82, 2.24) is 14.9 Å². The molecule has 2 saturated heterocycles. The van der Waals surface area contributed by atoms with E-state index < -0.39 is 0 Å². The Morgan fingerprint density at radius 3 is 2.92 bits per heavy atom. The van der Waals surface area contributed by atoms with E-state index in [1.165, 1.54) is 12.8 Å². The Bertz CT molecular complexity index is 746. The number of nitrogens with zero attached hydrogens (tertiary/aromatic N) is 4. The minimum Gasteiger partial charge on any atom is -0.368 e. The van der Waals surface area contributed by atoms with Crippen LogP contribution in [0.5, 0.6) is 0 Å².